The van der Waals surface area contributed by atoms with Crippen LogP contribution in [-0.2, 0) is 37.3 Å². The zero-order chi connectivity index (χ0) is 34.1. The molecule has 0 aliphatic carbocycles. The van der Waals surface area contributed by atoms with Gasteiger partial charge in [-0.3, -0.25) is 4.79 Å². The third-order valence-electron chi connectivity index (χ3n) is 8.30. The first kappa shape index (κ1) is 35.7. The van der Waals surface area contributed by atoms with Gasteiger partial charge in [0.1, 0.15) is 6.04 Å². The minimum Gasteiger partial charge on any atom is -0.396 e. The van der Waals surface area contributed by atoms with Gasteiger partial charge in [0.2, 0.25) is 15.9 Å². The molecule has 0 aromatic heterocycles. The summed E-state index contributed by atoms with van der Waals surface area (Å²) in [6.07, 6.45) is -1.09. The van der Waals surface area contributed by atoms with E-state index in [9.17, 15) is 23.4 Å². The van der Waals surface area contributed by atoms with Crippen LogP contribution < -0.4 is 10.0 Å². The summed E-state index contributed by atoms with van der Waals surface area (Å²) in [4.78, 5) is 13.8. The van der Waals surface area contributed by atoms with Crippen LogP contribution in [0.3, 0.4) is 0 Å². The number of ether oxygens (including phenoxy) is 2. The molecule has 254 valence electrons. The van der Waals surface area contributed by atoms with E-state index in [1.54, 1.807) is 42.1 Å². The summed E-state index contributed by atoms with van der Waals surface area (Å²) in [5, 5.41) is 21.8. The number of aliphatic hydroxyl groups excluding tert-OH is 2. The van der Waals surface area contributed by atoms with E-state index < -0.39 is 28.3 Å². The highest BCUT2D eigenvalue weighted by Gasteiger charge is 2.38. The number of hydrogen-bond donors (Lipinski definition) is 4. The molecule has 11 heteroatoms. The summed E-state index contributed by atoms with van der Waals surface area (Å²) >= 11 is 1.61. The zero-order valence-corrected chi connectivity index (χ0v) is 28.6. The molecule has 5 atom stereocenters. The van der Waals surface area contributed by atoms with Crippen molar-refractivity contribution in [3.8, 4) is 0 Å². The number of thioether (sulfide) groups is 1. The van der Waals surface area contributed by atoms with E-state index in [1.807, 2.05) is 67.6 Å². The molecule has 1 heterocycles. The minimum absolute atomic E-state index is 0.00407. The Morgan fingerprint density at radius 2 is 1.60 bits per heavy atom. The van der Waals surface area contributed by atoms with Gasteiger partial charge in [0.15, 0.2) is 6.29 Å². The minimum atomic E-state index is -4.00. The number of benzene rings is 4. The summed E-state index contributed by atoms with van der Waals surface area (Å²) in [6, 6.07) is 29.5. The standard InChI is InChI=1S/C37H42N2O7S2/c1-25-11-17-32(18-12-25)48(43,44)39-33(21-27-7-4-3-5-8-27)36(42)38-31-10-6-9-30(22-31)37-45-34(24-47-20-19-40)26(2)35(46-37)29-15-13-28(23-41)14-16-29/h3-18,22,26,33-35,37,39-41H,19-21,23-24H2,1-2H3,(H,38,42)/t26-,33+,34+,35+,37+/m0/s1. The largest absolute Gasteiger partial charge is 0.396 e. The maximum absolute atomic E-state index is 13.8. The first-order valence-corrected chi connectivity index (χ1v) is 18.5. The van der Waals surface area contributed by atoms with E-state index in [0.29, 0.717) is 22.8 Å². The molecule has 0 spiro atoms. The average Bonchev–Trinajstić information content (AvgIpc) is 3.09. The molecule has 5 rings (SSSR count). The van der Waals surface area contributed by atoms with Gasteiger partial charge in [-0.25, -0.2) is 8.42 Å². The van der Waals surface area contributed by atoms with Crippen molar-refractivity contribution < 1.29 is 32.9 Å². The fourth-order valence-corrected chi connectivity index (χ4v) is 7.68. The number of aryl methyl sites for hydroxylation is 1. The molecule has 1 saturated heterocycles. The Morgan fingerprint density at radius 3 is 2.29 bits per heavy atom. The highest BCUT2D eigenvalue weighted by Crippen LogP contribution is 2.42. The Morgan fingerprint density at radius 1 is 0.875 bits per heavy atom. The highest BCUT2D eigenvalue weighted by molar-refractivity contribution is 7.99. The van der Waals surface area contributed by atoms with Crippen molar-refractivity contribution in [3.63, 3.8) is 0 Å². The first-order chi connectivity index (χ1) is 23.2. The number of aliphatic hydroxyl groups is 2. The van der Waals surface area contributed by atoms with E-state index in [4.69, 9.17) is 9.47 Å². The molecule has 0 unspecified atom stereocenters. The van der Waals surface area contributed by atoms with Gasteiger partial charge >= 0.3 is 0 Å². The van der Waals surface area contributed by atoms with Crippen LogP contribution in [-0.4, -0.2) is 54.8 Å². The molecule has 4 aromatic carbocycles. The SMILES string of the molecule is Cc1ccc(S(=O)(=O)N[C@H](Cc2ccccc2)C(=O)Nc2cccc([C@@H]3O[C@H](CSCCO)[C@H](C)[C@H](c4ccc(CO)cc4)O3)c2)cc1. The smallest absolute Gasteiger partial charge is 0.242 e. The molecule has 0 bridgehead atoms. The monoisotopic (exact) mass is 690 g/mol. The molecule has 4 N–H and O–H groups in total. The fourth-order valence-electron chi connectivity index (χ4n) is 5.58. The Kier molecular flexibility index (Phi) is 12.4. The summed E-state index contributed by atoms with van der Waals surface area (Å²) in [6.45, 7) is 3.98. The lowest BCUT2D eigenvalue weighted by Gasteiger charge is -2.41. The number of carbonyl (C=O) groups excluding carboxylic acids is 1. The van der Waals surface area contributed by atoms with Crippen molar-refractivity contribution in [3.05, 3.63) is 131 Å². The van der Waals surface area contributed by atoms with Crippen molar-refractivity contribution in [2.75, 3.05) is 23.4 Å². The molecule has 0 radical (unpaired) electrons. The summed E-state index contributed by atoms with van der Waals surface area (Å²) in [5.74, 6) is 0.736. The first-order valence-electron chi connectivity index (χ1n) is 15.9. The maximum atomic E-state index is 13.8. The fraction of sp³-hybridized carbons (Fsp3) is 0.324. The van der Waals surface area contributed by atoms with E-state index >= 15 is 0 Å². The molecule has 4 aromatic rings. The van der Waals surface area contributed by atoms with Crippen molar-refractivity contribution in [1.29, 1.82) is 0 Å². The van der Waals surface area contributed by atoms with Gasteiger partial charge in [0.05, 0.1) is 30.3 Å². The van der Waals surface area contributed by atoms with Crippen molar-refractivity contribution >= 4 is 33.4 Å². The number of carbonyl (C=O) groups is 1. The Labute approximate surface area is 286 Å². The number of amides is 1. The molecule has 0 saturated carbocycles. The molecule has 1 amide bonds. The number of rotatable bonds is 14. The molecule has 1 aliphatic rings. The van der Waals surface area contributed by atoms with Gasteiger partial charge in [-0.2, -0.15) is 16.5 Å². The lowest BCUT2D eigenvalue weighted by Crippen LogP contribution is -2.45. The molecule has 1 aliphatic heterocycles. The summed E-state index contributed by atoms with van der Waals surface area (Å²) in [7, 11) is -4.00. The Bertz CT molecular complexity index is 1740. The van der Waals surface area contributed by atoms with Gasteiger partial charge in [-0.05, 0) is 54.3 Å². The molecule has 1 fully saturated rings. The maximum Gasteiger partial charge on any atom is 0.242 e. The van der Waals surface area contributed by atoms with Gasteiger partial charge in [0.25, 0.3) is 0 Å². The van der Waals surface area contributed by atoms with E-state index in [1.165, 1.54) is 12.1 Å². The van der Waals surface area contributed by atoms with Crippen molar-refractivity contribution in [2.24, 2.45) is 5.92 Å². The van der Waals surface area contributed by atoms with Gasteiger partial charge in [-0.15, -0.1) is 0 Å². The Balaban J connectivity index is 1.37. The van der Waals surface area contributed by atoms with Crippen molar-refractivity contribution in [2.45, 2.75) is 56.3 Å². The van der Waals surface area contributed by atoms with Crippen LogP contribution >= 0.6 is 11.8 Å². The number of sulfonamides is 1. The van der Waals surface area contributed by atoms with Crippen LogP contribution in [0, 0.1) is 12.8 Å². The molecular formula is C37H42N2O7S2. The van der Waals surface area contributed by atoms with E-state index in [2.05, 4.69) is 17.0 Å². The van der Waals surface area contributed by atoms with Crippen LogP contribution in [0.5, 0.6) is 0 Å². The third-order valence-corrected chi connectivity index (χ3v) is 10.8. The highest BCUT2D eigenvalue weighted by atomic mass is 32.2. The van der Waals surface area contributed by atoms with Gasteiger partial charge < -0.3 is 25.0 Å². The van der Waals surface area contributed by atoms with Crippen LogP contribution in [0.4, 0.5) is 5.69 Å². The number of hydrogen-bond acceptors (Lipinski definition) is 8. The Hall–Kier alpha value is -3.55. The van der Waals surface area contributed by atoms with Gasteiger partial charge in [0, 0.05) is 28.7 Å². The molecule has 9 nitrogen and oxygen atoms in total. The number of nitrogens with one attached hydrogen (secondary N) is 2. The van der Waals surface area contributed by atoms with Gasteiger partial charge in [-0.1, -0.05) is 91.3 Å². The molecular weight excluding hydrogens is 649 g/mol. The normalized spacial score (nSPS) is 20.2. The van der Waals surface area contributed by atoms with Crippen LogP contribution in [0.25, 0.3) is 0 Å². The molecule has 48 heavy (non-hydrogen) atoms. The predicted octanol–water partition coefficient (Wildman–Crippen LogP) is 5.53. The topological polar surface area (TPSA) is 134 Å². The second-order valence-electron chi connectivity index (χ2n) is 11.9. The van der Waals surface area contributed by atoms with E-state index in [-0.39, 0.29) is 42.7 Å². The third kappa shape index (κ3) is 9.32. The lowest BCUT2D eigenvalue weighted by molar-refractivity contribution is -0.268. The zero-order valence-electron chi connectivity index (χ0n) is 27.0. The van der Waals surface area contributed by atoms with Crippen LogP contribution in [0.15, 0.2) is 108 Å². The van der Waals surface area contributed by atoms with E-state index in [0.717, 1.165) is 22.3 Å². The van der Waals surface area contributed by atoms with Crippen LogP contribution in [0.1, 0.15) is 47.1 Å². The average molecular weight is 691 g/mol. The number of anilines is 1. The predicted molar refractivity (Wildman–Crippen MR) is 188 cm³/mol. The van der Waals surface area contributed by atoms with Crippen molar-refractivity contribution in [1.82, 2.24) is 4.72 Å². The quantitative estimate of drug-likeness (QED) is 0.127. The second kappa shape index (κ2) is 16.7. The van der Waals surface area contributed by atoms with Crippen LogP contribution in [0.2, 0.25) is 0 Å². The lowest BCUT2D eigenvalue weighted by atomic mass is 9.91. The summed E-state index contributed by atoms with van der Waals surface area (Å²) in [5.41, 5.74) is 4.65. The second-order valence-corrected chi connectivity index (χ2v) is 14.8. The summed E-state index contributed by atoms with van der Waals surface area (Å²) < 4.78 is 42.3.